The van der Waals surface area contributed by atoms with Gasteiger partial charge in [-0.15, -0.1) is 0 Å². The molecule has 1 N–H and O–H groups in total. The van der Waals surface area contributed by atoms with E-state index < -0.39 is 10.0 Å². The van der Waals surface area contributed by atoms with Gasteiger partial charge in [-0.05, 0) is 33.9 Å². The van der Waals surface area contributed by atoms with Gasteiger partial charge >= 0.3 is 0 Å². The highest BCUT2D eigenvalue weighted by molar-refractivity contribution is 7.90. The molecule has 13 heavy (non-hydrogen) atoms. The van der Waals surface area contributed by atoms with Crippen molar-refractivity contribution in [2.45, 2.75) is 31.6 Å². The second-order valence-electron chi connectivity index (χ2n) is 3.75. The lowest BCUT2D eigenvalue weighted by atomic mass is 10.3. The molecule has 1 aliphatic heterocycles. The molecular weight excluding hydrogens is 188 g/mol. The van der Waals surface area contributed by atoms with E-state index in [-0.39, 0.29) is 5.25 Å². The van der Waals surface area contributed by atoms with Crippen molar-refractivity contribution < 1.29 is 8.42 Å². The average Bonchev–Trinajstić information content (AvgIpc) is 2.52. The van der Waals surface area contributed by atoms with Crippen LogP contribution >= 0.6 is 0 Å². The average molecular weight is 206 g/mol. The highest BCUT2D eigenvalue weighted by atomic mass is 32.2. The van der Waals surface area contributed by atoms with Gasteiger partial charge < -0.3 is 0 Å². The van der Waals surface area contributed by atoms with E-state index in [9.17, 15) is 8.42 Å². The van der Waals surface area contributed by atoms with E-state index in [0.717, 1.165) is 13.0 Å². The lowest BCUT2D eigenvalue weighted by Crippen LogP contribution is -2.36. The molecule has 0 aromatic heterocycles. The van der Waals surface area contributed by atoms with Crippen molar-refractivity contribution in [2.24, 2.45) is 0 Å². The zero-order chi connectivity index (χ0) is 10.1. The minimum absolute atomic E-state index is 0.222. The fraction of sp³-hybridized carbons (Fsp3) is 1.00. The first-order chi connectivity index (χ1) is 5.97. The van der Waals surface area contributed by atoms with Gasteiger partial charge in [0.2, 0.25) is 10.0 Å². The van der Waals surface area contributed by atoms with E-state index >= 15 is 0 Å². The molecule has 1 saturated heterocycles. The topological polar surface area (TPSA) is 49.4 Å². The van der Waals surface area contributed by atoms with Gasteiger partial charge in [-0.1, -0.05) is 0 Å². The van der Waals surface area contributed by atoms with Gasteiger partial charge in [0, 0.05) is 12.6 Å². The molecule has 0 aromatic rings. The van der Waals surface area contributed by atoms with Crippen molar-refractivity contribution in [1.82, 2.24) is 9.62 Å². The second-order valence-corrected chi connectivity index (χ2v) is 5.91. The van der Waals surface area contributed by atoms with Crippen LogP contribution in [0.25, 0.3) is 0 Å². The highest BCUT2D eigenvalue weighted by Gasteiger charge is 2.32. The maximum absolute atomic E-state index is 11.4. The van der Waals surface area contributed by atoms with Crippen molar-refractivity contribution in [3.8, 4) is 0 Å². The van der Waals surface area contributed by atoms with Crippen molar-refractivity contribution in [3.05, 3.63) is 0 Å². The van der Waals surface area contributed by atoms with Gasteiger partial charge in [0.05, 0.1) is 5.25 Å². The van der Waals surface area contributed by atoms with E-state index in [0.29, 0.717) is 12.6 Å². The Labute approximate surface area is 80.4 Å². The van der Waals surface area contributed by atoms with Crippen LogP contribution in [0.1, 0.15) is 20.3 Å². The lowest BCUT2D eigenvalue weighted by Gasteiger charge is -2.19. The predicted molar refractivity (Wildman–Crippen MR) is 53.1 cm³/mol. The molecule has 1 rings (SSSR count). The zero-order valence-corrected chi connectivity index (χ0v) is 9.26. The van der Waals surface area contributed by atoms with Crippen LogP contribution < -0.4 is 4.72 Å². The summed E-state index contributed by atoms with van der Waals surface area (Å²) in [7, 11) is -1.58. The molecule has 0 bridgehead atoms. The first-order valence-electron chi connectivity index (χ1n) is 4.64. The fourth-order valence-corrected chi connectivity index (χ4v) is 2.78. The van der Waals surface area contributed by atoms with Crippen LogP contribution in [0.3, 0.4) is 0 Å². The Morgan fingerprint density at radius 2 is 2.08 bits per heavy atom. The molecule has 1 atom stereocenters. The lowest BCUT2D eigenvalue weighted by molar-refractivity contribution is 0.276. The number of likely N-dealkylation sites (tertiary alicyclic amines) is 1. The Morgan fingerprint density at radius 3 is 2.46 bits per heavy atom. The molecule has 1 heterocycles. The normalized spacial score (nSPS) is 25.7. The summed E-state index contributed by atoms with van der Waals surface area (Å²) < 4.78 is 25.3. The Hall–Kier alpha value is -0.130. The molecule has 0 spiro atoms. The first kappa shape index (κ1) is 10.9. The summed E-state index contributed by atoms with van der Waals surface area (Å²) in [6, 6.07) is 0.442. The SMILES string of the molecule is CNS(=O)(=O)C1CCN(C(C)C)C1. The summed E-state index contributed by atoms with van der Waals surface area (Å²) in [5.74, 6) is 0. The summed E-state index contributed by atoms with van der Waals surface area (Å²) in [6.45, 7) is 5.74. The van der Waals surface area contributed by atoms with Crippen LogP contribution in [0.4, 0.5) is 0 Å². The third-order valence-electron chi connectivity index (χ3n) is 2.63. The Bertz CT molecular complexity index is 261. The van der Waals surface area contributed by atoms with Crippen molar-refractivity contribution >= 4 is 10.0 Å². The smallest absolute Gasteiger partial charge is 0.215 e. The summed E-state index contributed by atoms with van der Waals surface area (Å²) in [5.41, 5.74) is 0. The summed E-state index contributed by atoms with van der Waals surface area (Å²) in [4.78, 5) is 2.19. The molecule has 78 valence electrons. The molecule has 4 nitrogen and oxygen atoms in total. The quantitative estimate of drug-likeness (QED) is 0.708. The number of hydrogen-bond acceptors (Lipinski definition) is 3. The van der Waals surface area contributed by atoms with E-state index in [2.05, 4.69) is 23.5 Å². The predicted octanol–water partition coefficient (Wildman–Crippen LogP) is 0.0183. The number of rotatable bonds is 3. The van der Waals surface area contributed by atoms with E-state index in [1.165, 1.54) is 7.05 Å². The molecule has 1 fully saturated rings. The standard InChI is InChI=1S/C8H18N2O2S/c1-7(2)10-5-4-8(6-10)13(11,12)9-3/h7-9H,4-6H2,1-3H3. The molecule has 0 aromatic carbocycles. The third kappa shape index (κ3) is 2.42. The first-order valence-corrected chi connectivity index (χ1v) is 6.18. The molecule has 1 aliphatic rings. The largest absolute Gasteiger partial charge is 0.300 e. The van der Waals surface area contributed by atoms with Crippen LogP contribution in [0.2, 0.25) is 0 Å². The number of sulfonamides is 1. The molecule has 0 aliphatic carbocycles. The van der Waals surface area contributed by atoms with Crippen LogP contribution in [0.15, 0.2) is 0 Å². The molecule has 0 amide bonds. The van der Waals surface area contributed by atoms with Gasteiger partial charge in [0.1, 0.15) is 0 Å². The zero-order valence-electron chi connectivity index (χ0n) is 8.45. The van der Waals surface area contributed by atoms with Gasteiger partial charge in [-0.25, -0.2) is 13.1 Å². The van der Waals surface area contributed by atoms with Crippen molar-refractivity contribution in [3.63, 3.8) is 0 Å². The van der Waals surface area contributed by atoms with E-state index in [4.69, 9.17) is 0 Å². The van der Waals surface area contributed by atoms with Crippen LogP contribution in [0.5, 0.6) is 0 Å². The van der Waals surface area contributed by atoms with E-state index in [1.807, 2.05) is 0 Å². The number of nitrogens with one attached hydrogen (secondary N) is 1. The van der Waals surface area contributed by atoms with Gasteiger partial charge in [-0.2, -0.15) is 0 Å². The number of nitrogens with zero attached hydrogens (tertiary/aromatic N) is 1. The second kappa shape index (κ2) is 3.94. The minimum atomic E-state index is -3.06. The van der Waals surface area contributed by atoms with Crippen molar-refractivity contribution in [2.75, 3.05) is 20.1 Å². The van der Waals surface area contributed by atoms with E-state index in [1.54, 1.807) is 0 Å². The molecule has 0 saturated carbocycles. The monoisotopic (exact) mass is 206 g/mol. The summed E-state index contributed by atoms with van der Waals surface area (Å²) >= 11 is 0. The molecule has 0 radical (unpaired) electrons. The van der Waals surface area contributed by atoms with Gasteiger partial charge in [0.15, 0.2) is 0 Å². The Morgan fingerprint density at radius 1 is 1.46 bits per heavy atom. The third-order valence-corrected chi connectivity index (χ3v) is 4.46. The van der Waals surface area contributed by atoms with Gasteiger partial charge in [0.25, 0.3) is 0 Å². The molecule has 1 unspecified atom stereocenters. The minimum Gasteiger partial charge on any atom is -0.300 e. The molecular formula is C8H18N2O2S. The van der Waals surface area contributed by atoms with Crippen LogP contribution in [-0.4, -0.2) is 44.7 Å². The maximum atomic E-state index is 11.4. The number of hydrogen-bond donors (Lipinski definition) is 1. The van der Waals surface area contributed by atoms with Crippen LogP contribution in [-0.2, 0) is 10.0 Å². The highest BCUT2D eigenvalue weighted by Crippen LogP contribution is 2.17. The van der Waals surface area contributed by atoms with Gasteiger partial charge in [-0.3, -0.25) is 4.90 Å². The van der Waals surface area contributed by atoms with Crippen LogP contribution in [0, 0.1) is 0 Å². The maximum Gasteiger partial charge on any atom is 0.215 e. The fourth-order valence-electron chi connectivity index (χ4n) is 1.64. The molecule has 5 heteroatoms. The van der Waals surface area contributed by atoms with Crippen molar-refractivity contribution in [1.29, 1.82) is 0 Å². The summed E-state index contributed by atoms with van der Waals surface area (Å²) in [6.07, 6.45) is 0.751. The summed E-state index contributed by atoms with van der Waals surface area (Å²) in [5, 5.41) is -0.222. The Kier molecular flexibility index (Phi) is 3.32. The Balaban J connectivity index is 2.60.